The summed E-state index contributed by atoms with van der Waals surface area (Å²) in [6.45, 7) is 0.404. The summed E-state index contributed by atoms with van der Waals surface area (Å²) in [6, 6.07) is 5.33. The van der Waals surface area contributed by atoms with E-state index in [1.807, 2.05) is 0 Å². The van der Waals surface area contributed by atoms with Crippen molar-refractivity contribution in [2.75, 3.05) is 20.8 Å². The molecule has 4 heteroatoms. The summed E-state index contributed by atoms with van der Waals surface area (Å²) in [5, 5.41) is 0. The highest BCUT2D eigenvalue weighted by molar-refractivity contribution is 6.03. The standard InChI is InChI=1S/C16H23NO3/c1-19-12-6-7-13(14(10-12)20-2)15(18)16(11-17)8-4-3-5-9-16/h6-7,10H,3-5,8-9,11,17H2,1-2H3. The third-order valence-electron chi connectivity index (χ3n) is 4.34. The van der Waals surface area contributed by atoms with Gasteiger partial charge in [0.25, 0.3) is 0 Å². The topological polar surface area (TPSA) is 61.5 Å². The van der Waals surface area contributed by atoms with E-state index in [1.165, 1.54) is 6.42 Å². The second-order valence-corrected chi connectivity index (χ2v) is 5.44. The smallest absolute Gasteiger partial charge is 0.173 e. The zero-order valence-corrected chi connectivity index (χ0v) is 12.3. The molecule has 0 spiro atoms. The van der Waals surface area contributed by atoms with Gasteiger partial charge in [-0.15, -0.1) is 0 Å². The molecular weight excluding hydrogens is 254 g/mol. The lowest BCUT2D eigenvalue weighted by Crippen LogP contribution is -2.40. The highest BCUT2D eigenvalue weighted by atomic mass is 16.5. The van der Waals surface area contributed by atoms with Crippen LogP contribution in [0.4, 0.5) is 0 Å². The minimum atomic E-state index is -0.417. The molecule has 1 aromatic rings. The minimum absolute atomic E-state index is 0.110. The Labute approximate surface area is 120 Å². The van der Waals surface area contributed by atoms with Gasteiger partial charge in [-0.05, 0) is 25.0 Å². The maximum Gasteiger partial charge on any atom is 0.173 e. The Bertz CT molecular complexity index is 479. The van der Waals surface area contributed by atoms with Crippen LogP contribution in [0.5, 0.6) is 11.5 Å². The van der Waals surface area contributed by atoms with Crippen molar-refractivity contribution in [3.05, 3.63) is 23.8 Å². The highest BCUT2D eigenvalue weighted by Crippen LogP contribution is 2.40. The molecular formula is C16H23NO3. The number of methoxy groups -OCH3 is 2. The van der Waals surface area contributed by atoms with Crippen molar-refractivity contribution < 1.29 is 14.3 Å². The average Bonchev–Trinajstić information content (AvgIpc) is 2.54. The van der Waals surface area contributed by atoms with Crippen LogP contribution in [0.3, 0.4) is 0 Å². The molecule has 0 amide bonds. The maximum absolute atomic E-state index is 12.9. The van der Waals surface area contributed by atoms with Crippen LogP contribution in [0.25, 0.3) is 0 Å². The van der Waals surface area contributed by atoms with Gasteiger partial charge in [-0.1, -0.05) is 19.3 Å². The fourth-order valence-electron chi connectivity index (χ4n) is 3.02. The number of nitrogens with two attached hydrogens (primary N) is 1. The first kappa shape index (κ1) is 14.9. The van der Waals surface area contributed by atoms with E-state index in [2.05, 4.69) is 0 Å². The first-order chi connectivity index (χ1) is 9.66. The van der Waals surface area contributed by atoms with E-state index >= 15 is 0 Å². The number of hydrogen-bond acceptors (Lipinski definition) is 4. The second-order valence-electron chi connectivity index (χ2n) is 5.44. The molecule has 1 aliphatic rings. The fourth-order valence-corrected chi connectivity index (χ4v) is 3.02. The number of ether oxygens (including phenoxy) is 2. The summed E-state index contributed by atoms with van der Waals surface area (Å²) in [5.74, 6) is 1.36. The molecule has 1 aliphatic carbocycles. The minimum Gasteiger partial charge on any atom is -0.497 e. The van der Waals surface area contributed by atoms with Crippen LogP contribution in [0.1, 0.15) is 42.5 Å². The van der Waals surface area contributed by atoms with Gasteiger partial charge in [0.15, 0.2) is 5.78 Å². The van der Waals surface area contributed by atoms with E-state index in [1.54, 1.807) is 32.4 Å². The van der Waals surface area contributed by atoms with Gasteiger partial charge in [-0.3, -0.25) is 4.79 Å². The molecule has 4 nitrogen and oxygen atoms in total. The van der Waals surface area contributed by atoms with Crippen molar-refractivity contribution >= 4 is 5.78 Å². The summed E-state index contributed by atoms with van der Waals surface area (Å²) in [6.07, 6.45) is 5.08. The lowest BCUT2D eigenvalue weighted by Gasteiger charge is -2.35. The predicted molar refractivity (Wildman–Crippen MR) is 78.4 cm³/mol. The van der Waals surface area contributed by atoms with Crippen LogP contribution >= 0.6 is 0 Å². The zero-order chi connectivity index (χ0) is 14.6. The summed E-state index contributed by atoms with van der Waals surface area (Å²) >= 11 is 0. The van der Waals surface area contributed by atoms with Gasteiger partial charge < -0.3 is 15.2 Å². The zero-order valence-electron chi connectivity index (χ0n) is 12.3. The number of hydrogen-bond donors (Lipinski definition) is 1. The van der Waals surface area contributed by atoms with Crippen LogP contribution in [0.2, 0.25) is 0 Å². The van der Waals surface area contributed by atoms with E-state index in [9.17, 15) is 4.79 Å². The van der Waals surface area contributed by atoms with Crippen LogP contribution in [-0.4, -0.2) is 26.5 Å². The van der Waals surface area contributed by atoms with E-state index in [-0.39, 0.29) is 5.78 Å². The van der Waals surface area contributed by atoms with Crippen molar-refractivity contribution in [1.29, 1.82) is 0 Å². The molecule has 2 N–H and O–H groups in total. The highest BCUT2D eigenvalue weighted by Gasteiger charge is 2.39. The van der Waals surface area contributed by atoms with Crippen molar-refractivity contribution in [2.24, 2.45) is 11.1 Å². The van der Waals surface area contributed by atoms with Gasteiger partial charge in [0.1, 0.15) is 11.5 Å². The van der Waals surface area contributed by atoms with Crippen LogP contribution in [0, 0.1) is 5.41 Å². The molecule has 110 valence electrons. The molecule has 0 heterocycles. The van der Waals surface area contributed by atoms with Gasteiger partial charge in [-0.25, -0.2) is 0 Å². The maximum atomic E-state index is 12.9. The monoisotopic (exact) mass is 277 g/mol. The van der Waals surface area contributed by atoms with Crippen LogP contribution in [-0.2, 0) is 0 Å². The Morgan fingerprint density at radius 3 is 2.45 bits per heavy atom. The lowest BCUT2D eigenvalue weighted by atomic mass is 9.69. The predicted octanol–water partition coefficient (Wildman–Crippen LogP) is 2.80. The largest absolute Gasteiger partial charge is 0.497 e. The number of carbonyl (C=O) groups excluding carboxylic acids is 1. The van der Waals surface area contributed by atoms with Crippen molar-refractivity contribution in [3.8, 4) is 11.5 Å². The van der Waals surface area contributed by atoms with E-state index in [0.717, 1.165) is 25.7 Å². The van der Waals surface area contributed by atoms with E-state index in [4.69, 9.17) is 15.2 Å². The third-order valence-corrected chi connectivity index (χ3v) is 4.34. The molecule has 0 aliphatic heterocycles. The Balaban J connectivity index is 2.36. The first-order valence-electron chi connectivity index (χ1n) is 7.14. The summed E-state index contributed by atoms with van der Waals surface area (Å²) in [5.41, 5.74) is 6.13. The Morgan fingerprint density at radius 1 is 1.20 bits per heavy atom. The molecule has 1 saturated carbocycles. The molecule has 0 unspecified atom stereocenters. The molecule has 0 radical (unpaired) electrons. The Kier molecular flexibility index (Phi) is 4.65. The number of benzene rings is 1. The van der Waals surface area contributed by atoms with Crippen LogP contribution < -0.4 is 15.2 Å². The summed E-state index contributed by atoms with van der Waals surface area (Å²) in [4.78, 5) is 12.9. The Morgan fingerprint density at radius 2 is 1.90 bits per heavy atom. The fraction of sp³-hybridized carbons (Fsp3) is 0.562. The average molecular weight is 277 g/mol. The summed E-state index contributed by atoms with van der Waals surface area (Å²) in [7, 11) is 3.17. The van der Waals surface area contributed by atoms with Gasteiger partial charge >= 0.3 is 0 Å². The molecule has 0 atom stereocenters. The number of ketones is 1. The Hall–Kier alpha value is -1.55. The molecule has 0 bridgehead atoms. The first-order valence-corrected chi connectivity index (χ1v) is 7.14. The SMILES string of the molecule is COc1ccc(C(=O)C2(CN)CCCCC2)c(OC)c1. The molecule has 2 rings (SSSR count). The normalized spacial score (nSPS) is 17.6. The van der Waals surface area contributed by atoms with Gasteiger partial charge in [0, 0.05) is 18.0 Å². The second kappa shape index (κ2) is 6.27. The lowest BCUT2D eigenvalue weighted by molar-refractivity contribution is 0.0726. The van der Waals surface area contributed by atoms with Crippen molar-refractivity contribution in [2.45, 2.75) is 32.1 Å². The van der Waals surface area contributed by atoms with Crippen LogP contribution in [0.15, 0.2) is 18.2 Å². The quantitative estimate of drug-likeness (QED) is 0.841. The van der Waals surface area contributed by atoms with Gasteiger partial charge in [0.05, 0.1) is 19.8 Å². The van der Waals surface area contributed by atoms with E-state index in [0.29, 0.717) is 23.6 Å². The van der Waals surface area contributed by atoms with Crippen molar-refractivity contribution in [3.63, 3.8) is 0 Å². The molecule has 0 aromatic heterocycles. The number of carbonyl (C=O) groups is 1. The van der Waals surface area contributed by atoms with E-state index < -0.39 is 5.41 Å². The van der Waals surface area contributed by atoms with Crippen molar-refractivity contribution in [1.82, 2.24) is 0 Å². The summed E-state index contributed by atoms with van der Waals surface area (Å²) < 4.78 is 10.5. The molecule has 1 aromatic carbocycles. The third kappa shape index (κ3) is 2.66. The molecule has 1 fully saturated rings. The molecule has 0 saturated heterocycles. The molecule has 20 heavy (non-hydrogen) atoms. The van der Waals surface area contributed by atoms with Gasteiger partial charge in [0.2, 0.25) is 0 Å². The number of Topliss-reactive ketones (excluding diaryl/α,β-unsaturated/α-hetero) is 1. The number of rotatable bonds is 5. The van der Waals surface area contributed by atoms with Gasteiger partial charge in [-0.2, -0.15) is 0 Å².